The van der Waals surface area contributed by atoms with Gasteiger partial charge in [0.1, 0.15) is 53.9 Å². The Hall–Kier alpha value is -11.6. The third-order valence-electron chi connectivity index (χ3n) is 18.4. The Labute approximate surface area is 611 Å². The van der Waals surface area contributed by atoms with Crippen LogP contribution in [0.25, 0.3) is 43.6 Å². The molecule has 566 valence electrons. The highest BCUT2D eigenvalue weighted by molar-refractivity contribution is 6.01. The van der Waals surface area contributed by atoms with Crippen molar-refractivity contribution in [1.29, 1.82) is 5.41 Å². The zero-order valence-corrected chi connectivity index (χ0v) is 59.6. The predicted molar refractivity (Wildman–Crippen MR) is 400 cm³/mol. The smallest absolute Gasteiger partial charge is 0.326 e. The Bertz CT molecular complexity index is 4430. The number of hydrogen-bond donors (Lipinski definition) is 21. The number of rotatable bonds is 42. The fourth-order valence-electron chi connectivity index (χ4n) is 12.6. The van der Waals surface area contributed by atoms with E-state index in [1.54, 1.807) is 49.9 Å². The molecule has 32 nitrogen and oxygen atoms in total. The molecule has 0 aliphatic rings. The molecule has 106 heavy (non-hydrogen) atoms. The van der Waals surface area contributed by atoms with Gasteiger partial charge in [-0.1, -0.05) is 92.6 Å². The number of fused-ring (bicyclic) bond motifs is 4. The van der Waals surface area contributed by atoms with Gasteiger partial charge in [0.2, 0.25) is 59.1 Å². The lowest BCUT2D eigenvalue weighted by Gasteiger charge is -2.31. The van der Waals surface area contributed by atoms with Crippen molar-refractivity contribution in [3.05, 3.63) is 144 Å². The molecule has 26 N–H and O–H groups in total. The van der Waals surface area contributed by atoms with E-state index in [4.69, 9.17) is 34.1 Å². The molecule has 0 unspecified atom stereocenters. The molecule has 8 aromatic rings. The van der Waals surface area contributed by atoms with Crippen LogP contribution in [0.15, 0.2) is 122 Å². The standard InChI is InChI=1S/C74H98N20O12/c1-4-17-54(70(103)94-74(2,3)72(106)93-56(28-16-31-81-73(79)80)65(98)89-59(34-43-39-84-52-25-11-7-20-47(43)52)68(101)92-61(71(104)105)35-44-40-85-53-26-12-8-21-48(44)53)86-69(102)60(36-62(78)95)91-64(97)55(27-15-30-76)87-66(99)58(33-42-38-83-51-24-10-6-19-46(42)51)90-67(100)57(88-63(96)49(77)22-13-14-29-75)32-41-37-82-50-23-9-5-18-45(41)50/h5-12,18-21,23-26,37-40,49,54-61,82-85H,4,13-17,22,27-36,75-77H2,1-3H3,(H2,78,95)(H,86,102)(H,87,99)(H,88,96)(H,89,98)(H,90,100)(H,91,97)(H,92,101)(H,93,106)(H,94,103)(H,104,105)(H4,79,80,81)/t49-,54-,55-,56-,57-,58-,59-,60-,61-/m0/s1. The van der Waals surface area contributed by atoms with E-state index in [-0.39, 0.29) is 89.7 Å². The predicted octanol–water partition coefficient (Wildman–Crippen LogP) is 0.874. The lowest BCUT2D eigenvalue weighted by Crippen LogP contribution is -2.63. The van der Waals surface area contributed by atoms with Crippen molar-refractivity contribution in [2.24, 2.45) is 28.7 Å². The maximum absolute atomic E-state index is 14.9. The molecule has 4 aromatic carbocycles. The molecule has 0 aliphatic carbocycles. The average molecular weight is 1460 g/mol. The first-order chi connectivity index (χ1) is 50.8. The molecule has 0 bridgehead atoms. The van der Waals surface area contributed by atoms with E-state index >= 15 is 0 Å². The first-order valence-electron chi connectivity index (χ1n) is 35.5. The monoisotopic (exact) mass is 1460 g/mol. The number of aromatic amines is 4. The number of hydrogen-bond acceptors (Lipinski definition) is 15. The minimum atomic E-state index is -1.88. The van der Waals surface area contributed by atoms with Crippen molar-refractivity contribution in [3.8, 4) is 0 Å². The Kier molecular flexibility index (Phi) is 28.9. The van der Waals surface area contributed by atoms with Gasteiger partial charge in [-0.3, -0.25) is 53.4 Å². The summed E-state index contributed by atoms with van der Waals surface area (Å²) >= 11 is 0. The summed E-state index contributed by atoms with van der Waals surface area (Å²) in [5.74, 6) is -10.6. The summed E-state index contributed by atoms with van der Waals surface area (Å²) in [6.45, 7) is 4.86. The molecular formula is C74H98N20O12. The van der Waals surface area contributed by atoms with Crippen molar-refractivity contribution < 1.29 is 57.8 Å². The SMILES string of the molecule is CCC[C@H](NC(=O)[C@H](CC(N)=O)NC(=O)[C@H](CCCN)NC(=O)[C@H](Cc1c[nH]c2ccccc12)NC(=O)[C@H](Cc1c[nH]c2ccccc12)NC(=O)[C@@H](N)CCCCN)C(=O)NC(C)(C)C(=O)N[C@@H](CCCNC(=N)N)C(=O)N[C@@H](Cc1c[nH]c2ccccc12)C(=O)N[C@@H](Cc1c[nH]c2ccccc12)C(=O)O. The second-order valence-corrected chi connectivity index (χ2v) is 26.9. The Balaban J connectivity index is 0.980. The molecule has 4 heterocycles. The third kappa shape index (κ3) is 22.2. The number of primary amides is 1. The quantitative estimate of drug-likeness (QED) is 0.0143. The van der Waals surface area contributed by atoms with Crippen LogP contribution in [0.3, 0.4) is 0 Å². The fourth-order valence-corrected chi connectivity index (χ4v) is 12.6. The topological polar surface area (TPSA) is 545 Å². The van der Waals surface area contributed by atoms with Crippen LogP contribution in [0, 0.1) is 5.41 Å². The molecule has 0 saturated carbocycles. The summed E-state index contributed by atoms with van der Waals surface area (Å²) in [4.78, 5) is 169. The minimum absolute atomic E-state index is 0.0321. The van der Waals surface area contributed by atoms with E-state index in [2.05, 4.69) is 73.1 Å². The Morgan fingerprint density at radius 2 is 0.783 bits per heavy atom. The zero-order valence-electron chi connectivity index (χ0n) is 59.6. The summed E-state index contributed by atoms with van der Waals surface area (Å²) in [6, 6.07) is 16.4. The molecule has 8 rings (SSSR count). The van der Waals surface area contributed by atoms with Gasteiger partial charge >= 0.3 is 5.97 Å². The minimum Gasteiger partial charge on any atom is -0.480 e. The maximum Gasteiger partial charge on any atom is 0.326 e. The number of benzene rings is 4. The highest BCUT2D eigenvalue weighted by Gasteiger charge is 2.39. The van der Waals surface area contributed by atoms with Gasteiger partial charge in [0.15, 0.2) is 5.96 Å². The maximum atomic E-state index is 14.9. The normalized spacial score (nSPS) is 14.1. The number of unbranched alkanes of at least 4 members (excludes halogenated alkanes) is 1. The van der Waals surface area contributed by atoms with Gasteiger partial charge in [0.05, 0.1) is 12.5 Å². The number of nitrogens with one attached hydrogen (secondary N) is 15. The summed E-state index contributed by atoms with van der Waals surface area (Å²) in [5.41, 5.74) is 32.8. The molecule has 0 spiro atoms. The summed E-state index contributed by atoms with van der Waals surface area (Å²) < 4.78 is 0. The molecule has 10 amide bonds. The number of H-pyrrole nitrogens is 4. The van der Waals surface area contributed by atoms with Crippen LogP contribution in [0.1, 0.15) is 107 Å². The molecule has 4 aromatic heterocycles. The number of para-hydroxylation sites is 4. The zero-order chi connectivity index (χ0) is 76.6. The second kappa shape index (κ2) is 38.2. The van der Waals surface area contributed by atoms with Crippen LogP contribution in [0.2, 0.25) is 0 Å². The van der Waals surface area contributed by atoms with Crippen LogP contribution in [-0.2, 0) is 78.4 Å². The number of carboxylic acid groups (broad SMARTS) is 1. The van der Waals surface area contributed by atoms with E-state index < -0.39 is 131 Å². The van der Waals surface area contributed by atoms with Crippen LogP contribution in [0.4, 0.5) is 0 Å². The van der Waals surface area contributed by atoms with Crippen molar-refractivity contribution in [2.45, 2.75) is 171 Å². The van der Waals surface area contributed by atoms with Gasteiger partial charge in [0.25, 0.3) is 0 Å². The number of guanidine groups is 1. The Morgan fingerprint density at radius 3 is 1.19 bits per heavy atom. The average Bonchev–Trinajstić information content (AvgIpc) is 1.61. The Morgan fingerprint density at radius 1 is 0.434 bits per heavy atom. The summed E-state index contributed by atoms with van der Waals surface area (Å²) in [6.07, 6.45) is 7.17. The highest BCUT2D eigenvalue weighted by atomic mass is 16.4. The number of carboxylic acids is 1. The molecular weight excluding hydrogens is 1360 g/mol. The van der Waals surface area contributed by atoms with Gasteiger partial charge in [0, 0.05) is 101 Å². The molecule has 0 aliphatic heterocycles. The van der Waals surface area contributed by atoms with Gasteiger partial charge in [-0.2, -0.15) is 0 Å². The van der Waals surface area contributed by atoms with E-state index in [0.29, 0.717) is 41.6 Å². The van der Waals surface area contributed by atoms with Gasteiger partial charge in [-0.05, 0) is 118 Å². The summed E-state index contributed by atoms with van der Waals surface area (Å²) in [5, 5.41) is 47.9. The lowest BCUT2D eigenvalue weighted by atomic mass is 9.99. The number of nitrogens with two attached hydrogens (primary N) is 5. The van der Waals surface area contributed by atoms with E-state index in [1.807, 2.05) is 78.9 Å². The largest absolute Gasteiger partial charge is 0.480 e. The van der Waals surface area contributed by atoms with Crippen LogP contribution in [0.5, 0.6) is 0 Å². The van der Waals surface area contributed by atoms with Crippen molar-refractivity contribution in [3.63, 3.8) is 0 Å². The third-order valence-corrected chi connectivity index (χ3v) is 18.4. The van der Waals surface area contributed by atoms with Crippen molar-refractivity contribution in [2.75, 3.05) is 19.6 Å². The summed E-state index contributed by atoms with van der Waals surface area (Å²) in [7, 11) is 0. The van der Waals surface area contributed by atoms with Crippen molar-refractivity contribution >= 4 is 115 Å². The van der Waals surface area contributed by atoms with Gasteiger partial charge in [-0.15, -0.1) is 0 Å². The van der Waals surface area contributed by atoms with Crippen LogP contribution in [-0.4, -0.2) is 176 Å². The van der Waals surface area contributed by atoms with Crippen LogP contribution >= 0.6 is 0 Å². The molecule has 0 fully saturated rings. The molecule has 0 saturated heterocycles. The second-order valence-electron chi connectivity index (χ2n) is 26.9. The number of amides is 10. The first kappa shape index (κ1) is 80.1. The molecule has 32 heteroatoms. The van der Waals surface area contributed by atoms with E-state index in [9.17, 15) is 57.8 Å². The van der Waals surface area contributed by atoms with Crippen molar-refractivity contribution in [1.82, 2.24) is 73.1 Å². The number of aliphatic carboxylic acids is 1. The van der Waals surface area contributed by atoms with E-state index in [1.165, 1.54) is 13.8 Å². The molecule has 9 atom stereocenters. The van der Waals surface area contributed by atoms with E-state index in [0.717, 1.165) is 43.6 Å². The lowest BCUT2D eigenvalue weighted by molar-refractivity contribution is -0.142. The van der Waals surface area contributed by atoms with Crippen LogP contribution < -0.4 is 81.8 Å². The number of carbonyl (C=O) groups excluding carboxylic acids is 10. The molecule has 0 radical (unpaired) electrons. The number of carbonyl (C=O) groups is 11. The first-order valence-corrected chi connectivity index (χ1v) is 35.5. The van der Waals surface area contributed by atoms with Gasteiger partial charge in [-0.25, -0.2) is 4.79 Å². The number of aromatic nitrogens is 4. The highest BCUT2D eigenvalue weighted by Crippen LogP contribution is 2.25. The fraction of sp³-hybridized carbons (Fsp3) is 0.405. The van der Waals surface area contributed by atoms with Gasteiger partial charge < -0.3 is 107 Å².